The van der Waals surface area contributed by atoms with Gasteiger partial charge in [-0.15, -0.1) is 0 Å². The van der Waals surface area contributed by atoms with Crippen molar-refractivity contribution in [1.29, 1.82) is 0 Å². The van der Waals surface area contributed by atoms with Crippen LogP contribution in [0.25, 0.3) is 6.08 Å². The summed E-state index contributed by atoms with van der Waals surface area (Å²) in [5, 5.41) is 0. The van der Waals surface area contributed by atoms with Gasteiger partial charge in [0.25, 0.3) is 0 Å². The van der Waals surface area contributed by atoms with Gasteiger partial charge in [0.05, 0.1) is 5.69 Å². The van der Waals surface area contributed by atoms with Crippen LogP contribution in [0.3, 0.4) is 0 Å². The summed E-state index contributed by atoms with van der Waals surface area (Å²) in [6.07, 6.45) is 11.1. The molecule has 0 spiro atoms. The summed E-state index contributed by atoms with van der Waals surface area (Å²) in [7, 11) is 0. The summed E-state index contributed by atoms with van der Waals surface area (Å²) in [6.45, 7) is 10.7. The lowest BCUT2D eigenvalue weighted by Gasteiger charge is -2.26. The highest BCUT2D eigenvalue weighted by molar-refractivity contribution is 7.06. The maximum atomic E-state index is 4.43. The summed E-state index contributed by atoms with van der Waals surface area (Å²) in [6, 6.07) is 2.22. The minimum Gasteiger partial charge on any atom is -0.193 e. The molecule has 0 aliphatic carbocycles. The fraction of sp³-hybridized carbons (Fsp3) is 0.688. The van der Waals surface area contributed by atoms with E-state index in [0.717, 1.165) is 5.69 Å². The number of aromatic nitrogens is 1. The Morgan fingerprint density at radius 2 is 2.00 bits per heavy atom. The van der Waals surface area contributed by atoms with Gasteiger partial charge in [-0.3, -0.25) is 0 Å². The van der Waals surface area contributed by atoms with Gasteiger partial charge in [-0.1, -0.05) is 59.5 Å². The minimum atomic E-state index is 0.311. The van der Waals surface area contributed by atoms with Gasteiger partial charge in [0.15, 0.2) is 0 Å². The molecule has 0 saturated heterocycles. The molecular formula is C16H27NS. The Hall–Kier alpha value is -0.630. The largest absolute Gasteiger partial charge is 0.193 e. The molecule has 1 rings (SSSR count). The SMILES string of the molecule is C=Cc1cc(C(C)(CC)CCCCCCC)sn1. The first-order chi connectivity index (χ1) is 8.66. The van der Waals surface area contributed by atoms with Crippen molar-refractivity contribution >= 4 is 17.6 Å². The Bertz CT molecular complexity index is 356. The monoisotopic (exact) mass is 265 g/mol. The van der Waals surface area contributed by atoms with E-state index in [9.17, 15) is 0 Å². The molecule has 0 bridgehead atoms. The number of hydrogen-bond acceptors (Lipinski definition) is 2. The Kier molecular flexibility index (Phi) is 6.62. The van der Waals surface area contributed by atoms with Gasteiger partial charge in [-0.25, -0.2) is 0 Å². The standard InChI is InChI=1S/C16H27NS/c1-5-8-9-10-11-12-16(4,7-3)15-13-14(6-2)17-18-15/h6,13H,2,5,7-12H2,1,3-4H3. The predicted molar refractivity (Wildman–Crippen MR) is 83.2 cm³/mol. The third-order valence-corrected chi connectivity index (χ3v) is 5.05. The number of rotatable bonds is 9. The molecule has 2 heteroatoms. The molecule has 1 atom stereocenters. The van der Waals surface area contributed by atoms with Crippen molar-refractivity contribution in [2.75, 3.05) is 0 Å². The third kappa shape index (κ3) is 4.24. The van der Waals surface area contributed by atoms with Crippen LogP contribution in [0.2, 0.25) is 0 Å². The van der Waals surface area contributed by atoms with Crippen LogP contribution in [0.15, 0.2) is 12.6 Å². The molecule has 0 aliphatic rings. The van der Waals surface area contributed by atoms with E-state index in [1.165, 1.54) is 49.8 Å². The van der Waals surface area contributed by atoms with Crippen LogP contribution >= 0.6 is 11.5 Å². The van der Waals surface area contributed by atoms with Crippen molar-refractivity contribution in [3.05, 3.63) is 23.2 Å². The molecule has 1 unspecified atom stereocenters. The molecule has 1 heterocycles. The fourth-order valence-corrected chi connectivity index (χ4v) is 3.23. The molecule has 0 radical (unpaired) electrons. The molecule has 0 saturated carbocycles. The molecule has 18 heavy (non-hydrogen) atoms. The van der Waals surface area contributed by atoms with Crippen molar-refractivity contribution in [3.8, 4) is 0 Å². The van der Waals surface area contributed by atoms with Gasteiger partial charge < -0.3 is 0 Å². The van der Waals surface area contributed by atoms with E-state index in [0.29, 0.717) is 5.41 Å². The van der Waals surface area contributed by atoms with Crippen LogP contribution in [0.5, 0.6) is 0 Å². The lowest BCUT2D eigenvalue weighted by atomic mass is 9.80. The predicted octanol–water partition coefficient (Wildman–Crippen LogP) is 5.81. The summed E-state index contributed by atoms with van der Waals surface area (Å²) in [5.74, 6) is 0. The lowest BCUT2D eigenvalue weighted by molar-refractivity contribution is 0.402. The molecule has 102 valence electrons. The normalized spacial score (nSPS) is 14.4. The van der Waals surface area contributed by atoms with Crippen molar-refractivity contribution in [3.63, 3.8) is 0 Å². The second-order valence-electron chi connectivity index (χ2n) is 5.40. The Morgan fingerprint density at radius 3 is 2.56 bits per heavy atom. The van der Waals surface area contributed by atoms with Crippen LogP contribution in [0.1, 0.15) is 76.3 Å². The van der Waals surface area contributed by atoms with E-state index in [4.69, 9.17) is 0 Å². The number of unbranched alkanes of at least 4 members (excludes halogenated alkanes) is 4. The van der Waals surface area contributed by atoms with E-state index >= 15 is 0 Å². The maximum Gasteiger partial charge on any atom is 0.0765 e. The zero-order valence-corrected chi connectivity index (χ0v) is 13.0. The van der Waals surface area contributed by atoms with Crippen LogP contribution in [-0.4, -0.2) is 4.37 Å². The highest BCUT2D eigenvalue weighted by atomic mass is 32.1. The van der Waals surface area contributed by atoms with Crippen molar-refractivity contribution in [2.45, 2.75) is 71.1 Å². The Morgan fingerprint density at radius 1 is 1.28 bits per heavy atom. The molecule has 1 aromatic rings. The van der Waals surface area contributed by atoms with E-state index in [-0.39, 0.29) is 0 Å². The second kappa shape index (κ2) is 7.73. The summed E-state index contributed by atoms with van der Waals surface area (Å²) in [4.78, 5) is 1.43. The molecule has 1 aromatic heterocycles. The maximum absolute atomic E-state index is 4.43. The van der Waals surface area contributed by atoms with Gasteiger partial charge in [0.2, 0.25) is 0 Å². The molecule has 0 N–H and O–H groups in total. The molecule has 0 aliphatic heterocycles. The number of nitrogens with zero attached hydrogens (tertiary/aromatic N) is 1. The van der Waals surface area contributed by atoms with Crippen molar-refractivity contribution in [2.24, 2.45) is 0 Å². The summed E-state index contributed by atoms with van der Waals surface area (Å²) >= 11 is 1.65. The molecule has 0 aromatic carbocycles. The van der Waals surface area contributed by atoms with Crippen LogP contribution in [0.4, 0.5) is 0 Å². The zero-order valence-electron chi connectivity index (χ0n) is 12.2. The molecular weight excluding hydrogens is 238 g/mol. The zero-order chi connectivity index (χ0) is 13.4. The van der Waals surface area contributed by atoms with Gasteiger partial charge in [-0.05, 0) is 36.5 Å². The quantitative estimate of drug-likeness (QED) is 0.513. The highest BCUT2D eigenvalue weighted by Gasteiger charge is 2.26. The first-order valence-corrected chi connectivity index (χ1v) is 8.03. The van der Waals surface area contributed by atoms with E-state index in [2.05, 4.69) is 37.8 Å². The lowest BCUT2D eigenvalue weighted by Crippen LogP contribution is -2.19. The first-order valence-electron chi connectivity index (χ1n) is 7.26. The Balaban J connectivity index is 2.53. The number of hydrogen-bond donors (Lipinski definition) is 0. The van der Waals surface area contributed by atoms with E-state index < -0.39 is 0 Å². The van der Waals surface area contributed by atoms with Gasteiger partial charge in [-0.2, -0.15) is 4.37 Å². The van der Waals surface area contributed by atoms with Crippen LogP contribution in [0, 0.1) is 0 Å². The highest BCUT2D eigenvalue weighted by Crippen LogP contribution is 2.36. The average molecular weight is 265 g/mol. The van der Waals surface area contributed by atoms with Gasteiger partial charge >= 0.3 is 0 Å². The molecule has 0 fully saturated rings. The van der Waals surface area contributed by atoms with E-state index in [1.54, 1.807) is 11.5 Å². The first kappa shape index (κ1) is 15.4. The smallest absolute Gasteiger partial charge is 0.0765 e. The average Bonchev–Trinajstić information content (AvgIpc) is 2.87. The third-order valence-electron chi connectivity index (χ3n) is 3.94. The summed E-state index contributed by atoms with van der Waals surface area (Å²) < 4.78 is 4.43. The summed E-state index contributed by atoms with van der Waals surface area (Å²) in [5.41, 5.74) is 1.34. The van der Waals surface area contributed by atoms with E-state index in [1.807, 2.05) is 6.08 Å². The molecule has 1 nitrogen and oxygen atoms in total. The Labute approximate surface area is 116 Å². The molecule has 0 amide bonds. The van der Waals surface area contributed by atoms with Crippen LogP contribution < -0.4 is 0 Å². The second-order valence-corrected chi connectivity index (χ2v) is 6.20. The van der Waals surface area contributed by atoms with Gasteiger partial charge in [0, 0.05) is 10.3 Å². The minimum absolute atomic E-state index is 0.311. The fourth-order valence-electron chi connectivity index (χ4n) is 2.26. The van der Waals surface area contributed by atoms with Crippen LogP contribution in [-0.2, 0) is 5.41 Å². The van der Waals surface area contributed by atoms with Gasteiger partial charge in [0.1, 0.15) is 0 Å². The topological polar surface area (TPSA) is 12.9 Å². The van der Waals surface area contributed by atoms with Crippen molar-refractivity contribution < 1.29 is 0 Å². The van der Waals surface area contributed by atoms with Crippen molar-refractivity contribution in [1.82, 2.24) is 4.37 Å².